The van der Waals surface area contributed by atoms with Crippen molar-refractivity contribution in [2.75, 3.05) is 18.0 Å². The van der Waals surface area contributed by atoms with Gasteiger partial charge in [0, 0.05) is 37.2 Å². The second-order valence-corrected chi connectivity index (χ2v) is 9.49. The SMILES string of the molecule is CCN(CC)c1ccc(C(=O)NC2CCc3cc(/C=C/C(=O)CCCCCCC(=O)NO)ccc32)cc1. The Labute approximate surface area is 219 Å². The van der Waals surface area contributed by atoms with Gasteiger partial charge < -0.3 is 10.2 Å². The van der Waals surface area contributed by atoms with Crippen molar-refractivity contribution in [1.82, 2.24) is 10.8 Å². The molecule has 0 saturated heterocycles. The van der Waals surface area contributed by atoms with Gasteiger partial charge in [0.15, 0.2) is 5.78 Å². The van der Waals surface area contributed by atoms with E-state index in [4.69, 9.17) is 5.21 Å². The monoisotopic (exact) mass is 505 g/mol. The highest BCUT2D eigenvalue weighted by Gasteiger charge is 2.24. The molecular formula is C30H39N3O4. The zero-order chi connectivity index (χ0) is 26.6. The van der Waals surface area contributed by atoms with Crippen LogP contribution < -0.4 is 15.7 Å². The third kappa shape index (κ3) is 8.29. The molecule has 3 rings (SSSR count). The Morgan fingerprint density at radius 2 is 1.68 bits per heavy atom. The number of aryl methyl sites for hydroxylation is 1. The number of unbranched alkanes of at least 4 members (excludes halogenated alkanes) is 3. The number of hydrogen-bond donors (Lipinski definition) is 3. The minimum atomic E-state index is -0.372. The Morgan fingerprint density at radius 3 is 2.35 bits per heavy atom. The molecule has 2 aromatic rings. The van der Waals surface area contributed by atoms with Crippen molar-refractivity contribution in [3.8, 4) is 0 Å². The number of hydroxylamine groups is 1. The van der Waals surface area contributed by atoms with Crippen molar-refractivity contribution < 1.29 is 19.6 Å². The van der Waals surface area contributed by atoms with Crippen LogP contribution >= 0.6 is 0 Å². The Bertz CT molecular complexity index is 1090. The molecule has 0 aromatic heterocycles. The van der Waals surface area contributed by atoms with E-state index in [9.17, 15) is 14.4 Å². The molecule has 1 atom stereocenters. The van der Waals surface area contributed by atoms with E-state index in [0.29, 0.717) is 24.8 Å². The summed E-state index contributed by atoms with van der Waals surface area (Å²) in [5.74, 6) is -0.344. The largest absolute Gasteiger partial charge is 0.372 e. The van der Waals surface area contributed by atoms with E-state index < -0.39 is 0 Å². The maximum absolute atomic E-state index is 12.9. The van der Waals surface area contributed by atoms with Gasteiger partial charge in [0.05, 0.1) is 6.04 Å². The van der Waals surface area contributed by atoms with Crippen molar-refractivity contribution >= 4 is 29.4 Å². The molecular weight excluding hydrogens is 466 g/mol. The second kappa shape index (κ2) is 14.3. The maximum atomic E-state index is 12.9. The van der Waals surface area contributed by atoms with Crippen molar-refractivity contribution in [2.45, 2.75) is 71.3 Å². The van der Waals surface area contributed by atoms with Gasteiger partial charge in [0.2, 0.25) is 5.91 Å². The van der Waals surface area contributed by atoms with E-state index in [2.05, 4.69) is 36.2 Å². The summed E-state index contributed by atoms with van der Waals surface area (Å²) in [4.78, 5) is 38.3. The predicted molar refractivity (Wildman–Crippen MR) is 147 cm³/mol. The number of nitrogens with one attached hydrogen (secondary N) is 2. The first-order valence-corrected chi connectivity index (χ1v) is 13.4. The molecule has 37 heavy (non-hydrogen) atoms. The minimum Gasteiger partial charge on any atom is -0.372 e. The molecule has 0 spiro atoms. The van der Waals surface area contributed by atoms with Gasteiger partial charge in [-0.25, -0.2) is 5.48 Å². The summed E-state index contributed by atoms with van der Waals surface area (Å²) in [7, 11) is 0. The van der Waals surface area contributed by atoms with Crippen LogP contribution in [0, 0.1) is 0 Å². The Morgan fingerprint density at radius 1 is 0.973 bits per heavy atom. The molecule has 7 heteroatoms. The molecule has 0 saturated carbocycles. The van der Waals surface area contributed by atoms with E-state index in [0.717, 1.165) is 62.0 Å². The lowest BCUT2D eigenvalue weighted by Gasteiger charge is -2.21. The van der Waals surface area contributed by atoms with Crippen molar-refractivity contribution in [2.24, 2.45) is 0 Å². The van der Waals surface area contributed by atoms with Gasteiger partial charge in [-0.1, -0.05) is 37.1 Å². The number of rotatable bonds is 14. The number of hydrogen-bond acceptors (Lipinski definition) is 5. The molecule has 0 bridgehead atoms. The number of amides is 2. The fourth-order valence-electron chi connectivity index (χ4n) is 4.81. The molecule has 0 fully saturated rings. The number of benzene rings is 2. The summed E-state index contributed by atoms with van der Waals surface area (Å²) in [5.41, 5.74) is 6.76. The highest BCUT2D eigenvalue weighted by Crippen LogP contribution is 2.32. The molecule has 0 heterocycles. The third-order valence-electron chi connectivity index (χ3n) is 6.97. The van der Waals surface area contributed by atoms with Crippen molar-refractivity contribution in [3.63, 3.8) is 0 Å². The van der Waals surface area contributed by atoms with Crippen LogP contribution in [0.5, 0.6) is 0 Å². The number of nitrogens with zero attached hydrogens (tertiary/aromatic N) is 1. The predicted octanol–water partition coefficient (Wildman–Crippen LogP) is 5.38. The lowest BCUT2D eigenvalue weighted by atomic mass is 10.0. The zero-order valence-electron chi connectivity index (χ0n) is 22.0. The van der Waals surface area contributed by atoms with Crippen molar-refractivity contribution in [1.29, 1.82) is 0 Å². The van der Waals surface area contributed by atoms with Gasteiger partial charge in [0.1, 0.15) is 0 Å². The van der Waals surface area contributed by atoms with Crippen LogP contribution in [-0.2, 0) is 16.0 Å². The highest BCUT2D eigenvalue weighted by molar-refractivity contribution is 5.95. The van der Waals surface area contributed by atoms with Gasteiger partial charge in [-0.3, -0.25) is 19.6 Å². The van der Waals surface area contributed by atoms with Crippen LogP contribution in [0.4, 0.5) is 5.69 Å². The van der Waals surface area contributed by atoms with Crippen LogP contribution in [0.2, 0.25) is 0 Å². The Kier molecular flexibility index (Phi) is 10.9. The average Bonchev–Trinajstić information content (AvgIpc) is 3.32. The van der Waals surface area contributed by atoms with E-state index in [1.807, 2.05) is 36.4 Å². The van der Waals surface area contributed by atoms with Crippen LogP contribution in [-0.4, -0.2) is 35.9 Å². The number of carbonyl (C=O) groups is 3. The smallest absolute Gasteiger partial charge is 0.251 e. The van der Waals surface area contributed by atoms with Crippen LogP contribution in [0.15, 0.2) is 48.5 Å². The molecule has 198 valence electrons. The van der Waals surface area contributed by atoms with E-state index >= 15 is 0 Å². The molecule has 1 aliphatic rings. The molecule has 1 aliphatic carbocycles. The fourth-order valence-corrected chi connectivity index (χ4v) is 4.81. The molecule has 1 unspecified atom stereocenters. The first-order valence-electron chi connectivity index (χ1n) is 13.4. The number of carbonyl (C=O) groups excluding carboxylic acids is 3. The number of ketones is 1. The summed E-state index contributed by atoms with van der Waals surface area (Å²) in [6.45, 7) is 6.11. The minimum absolute atomic E-state index is 0.00641. The van der Waals surface area contributed by atoms with Gasteiger partial charge in [-0.05, 0) is 86.6 Å². The van der Waals surface area contributed by atoms with E-state index in [1.54, 1.807) is 11.6 Å². The number of anilines is 1. The van der Waals surface area contributed by atoms with Crippen LogP contribution in [0.3, 0.4) is 0 Å². The molecule has 3 N–H and O–H groups in total. The first-order chi connectivity index (χ1) is 17.9. The average molecular weight is 506 g/mol. The quantitative estimate of drug-likeness (QED) is 0.139. The third-order valence-corrected chi connectivity index (χ3v) is 6.97. The second-order valence-electron chi connectivity index (χ2n) is 9.49. The maximum Gasteiger partial charge on any atom is 0.251 e. The number of allylic oxidation sites excluding steroid dienone is 1. The standard InChI is InChI=1S/C30H39N3O4/c1-3-33(4-2)25-16-13-23(14-17-25)30(36)31-28-20-15-24-21-22(12-19-27(24)28)11-18-26(34)9-7-5-6-8-10-29(35)32-37/h11-14,16-19,21,28,37H,3-10,15,20H2,1-2H3,(H,31,36)(H,32,35)/b18-11+. The van der Waals surface area contributed by atoms with Crippen LogP contribution in [0.1, 0.15) is 91.9 Å². The van der Waals surface area contributed by atoms with Gasteiger partial charge in [0.25, 0.3) is 5.91 Å². The fraction of sp³-hybridized carbons (Fsp3) is 0.433. The Hall–Kier alpha value is -3.45. The summed E-state index contributed by atoms with van der Waals surface area (Å²) < 4.78 is 0. The summed E-state index contributed by atoms with van der Waals surface area (Å²) >= 11 is 0. The summed E-state index contributed by atoms with van der Waals surface area (Å²) in [5, 5.41) is 11.7. The normalized spacial score (nSPS) is 14.4. The number of fused-ring (bicyclic) bond motifs is 1. The van der Waals surface area contributed by atoms with Gasteiger partial charge in [-0.2, -0.15) is 0 Å². The summed E-state index contributed by atoms with van der Waals surface area (Å²) in [6, 6.07) is 13.9. The molecule has 7 nitrogen and oxygen atoms in total. The lowest BCUT2D eigenvalue weighted by Crippen LogP contribution is -2.27. The van der Waals surface area contributed by atoms with Crippen molar-refractivity contribution in [3.05, 3.63) is 70.8 Å². The lowest BCUT2D eigenvalue weighted by molar-refractivity contribution is -0.129. The molecule has 2 amide bonds. The zero-order valence-corrected chi connectivity index (χ0v) is 22.0. The topological polar surface area (TPSA) is 98.7 Å². The Balaban J connectivity index is 1.47. The van der Waals surface area contributed by atoms with Gasteiger partial charge in [-0.15, -0.1) is 0 Å². The van der Waals surface area contributed by atoms with E-state index in [1.165, 1.54) is 5.56 Å². The summed E-state index contributed by atoms with van der Waals surface area (Å²) in [6.07, 6.45) is 9.27. The first kappa shape index (κ1) is 28.1. The molecule has 0 radical (unpaired) electrons. The van der Waals surface area contributed by atoms with Gasteiger partial charge >= 0.3 is 0 Å². The van der Waals surface area contributed by atoms with E-state index in [-0.39, 0.29) is 23.6 Å². The highest BCUT2D eigenvalue weighted by atomic mass is 16.5. The molecule has 2 aromatic carbocycles. The van der Waals surface area contributed by atoms with Crippen LogP contribution in [0.25, 0.3) is 6.08 Å². The molecule has 0 aliphatic heterocycles.